The molecular weight excluding hydrogens is 522 g/mol. The number of rotatable bonds is 5. The summed E-state index contributed by atoms with van der Waals surface area (Å²) < 4.78 is 11.4. The number of nitrogens with one attached hydrogen (secondary N) is 1. The van der Waals surface area contributed by atoms with E-state index in [9.17, 15) is 9.59 Å². The van der Waals surface area contributed by atoms with Gasteiger partial charge in [-0.25, -0.2) is 4.98 Å². The maximum atomic E-state index is 13.4. The largest absolute Gasteiger partial charge is 0.497 e. The van der Waals surface area contributed by atoms with E-state index in [1.54, 1.807) is 42.3 Å². The Morgan fingerprint density at radius 1 is 0.972 bits per heavy atom. The van der Waals surface area contributed by atoms with E-state index in [0.717, 1.165) is 21.2 Å². The van der Waals surface area contributed by atoms with E-state index in [-0.39, 0.29) is 11.8 Å². The lowest BCUT2D eigenvalue weighted by atomic mass is 10.0. The van der Waals surface area contributed by atoms with Crippen molar-refractivity contribution >= 4 is 44.3 Å². The number of halogens is 1. The van der Waals surface area contributed by atoms with Crippen molar-refractivity contribution in [3.05, 3.63) is 88.4 Å². The molecule has 1 aliphatic heterocycles. The van der Waals surface area contributed by atoms with Gasteiger partial charge >= 0.3 is 0 Å². The highest BCUT2D eigenvalue weighted by atomic mass is 79.9. The summed E-state index contributed by atoms with van der Waals surface area (Å²) in [4.78, 5) is 32.7. The van der Waals surface area contributed by atoms with Gasteiger partial charge in [0.15, 0.2) is 0 Å². The lowest BCUT2D eigenvalue weighted by Crippen LogP contribution is -2.40. The number of morpholine rings is 1. The number of hydrogen-bond acceptors (Lipinski definition) is 5. The van der Waals surface area contributed by atoms with Crippen molar-refractivity contribution in [2.24, 2.45) is 0 Å². The van der Waals surface area contributed by atoms with E-state index in [1.807, 2.05) is 42.5 Å². The minimum absolute atomic E-state index is 0.0368. The van der Waals surface area contributed by atoms with Gasteiger partial charge in [-0.05, 0) is 72.8 Å². The number of nitrogens with zero attached hydrogens (tertiary/aromatic N) is 2. The molecule has 1 aromatic heterocycles. The summed E-state index contributed by atoms with van der Waals surface area (Å²) in [5.41, 5.74) is 3.95. The highest BCUT2D eigenvalue weighted by molar-refractivity contribution is 9.10. The number of carbonyl (C=O) groups excluding carboxylic acids is 2. The minimum Gasteiger partial charge on any atom is -0.497 e. The number of anilines is 1. The fourth-order valence-electron chi connectivity index (χ4n) is 4.14. The van der Waals surface area contributed by atoms with Crippen LogP contribution in [0.5, 0.6) is 5.75 Å². The fourth-order valence-corrected chi connectivity index (χ4v) is 4.50. The molecule has 1 fully saturated rings. The number of carbonyl (C=O) groups is 2. The molecule has 0 radical (unpaired) electrons. The number of benzene rings is 3. The van der Waals surface area contributed by atoms with Gasteiger partial charge in [0.2, 0.25) is 0 Å². The summed E-state index contributed by atoms with van der Waals surface area (Å²) in [7, 11) is 1.62. The molecule has 0 unspecified atom stereocenters. The Balaban J connectivity index is 1.43. The molecule has 0 aliphatic carbocycles. The van der Waals surface area contributed by atoms with Crippen LogP contribution in [0.3, 0.4) is 0 Å². The average Bonchev–Trinajstić information content (AvgIpc) is 2.93. The first-order valence-corrected chi connectivity index (χ1v) is 12.3. The monoisotopic (exact) mass is 545 g/mol. The Kier molecular flexibility index (Phi) is 6.97. The van der Waals surface area contributed by atoms with Crippen LogP contribution >= 0.6 is 15.9 Å². The first kappa shape index (κ1) is 24.0. The summed E-state index contributed by atoms with van der Waals surface area (Å²) in [6, 6.07) is 22.0. The standard InChI is InChI=1S/C28H24BrN3O4/c1-35-22-9-4-18(5-10-22)26-17-24(23-16-20(29)6-11-25(23)31-26)27(33)30-21-7-2-19(3-8-21)28(34)32-12-14-36-15-13-32/h2-11,16-17H,12-15H2,1H3,(H,30,33). The van der Waals surface area contributed by atoms with Crippen LogP contribution in [0.1, 0.15) is 20.7 Å². The van der Waals surface area contributed by atoms with Crippen LogP contribution in [0.2, 0.25) is 0 Å². The molecule has 7 nitrogen and oxygen atoms in total. The number of ether oxygens (including phenoxy) is 2. The summed E-state index contributed by atoms with van der Waals surface area (Å²) >= 11 is 3.50. The molecule has 0 spiro atoms. The molecule has 3 aromatic carbocycles. The molecule has 1 N–H and O–H groups in total. The van der Waals surface area contributed by atoms with Gasteiger partial charge in [0.05, 0.1) is 37.1 Å². The molecule has 0 bridgehead atoms. The van der Waals surface area contributed by atoms with Crippen molar-refractivity contribution in [2.45, 2.75) is 0 Å². The molecule has 36 heavy (non-hydrogen) atoms. The van der Waals surface area contributed by atoms with E-state index < -0.39 is 0 Å². The van der Waals surface area contributed by atoms with Gasteiger partial charge in [-0.15, -0.1) is 0 Å². The van der Waals surface area contributed by atoms with Crippen LogP contribution in [0.15, 0.2) is 77.3 Å². The van der Waals surface area contributed by atoms with Crippen LogP contribution in [0, 0.1) is 0 Å². The quantitative estimate of drug-likeness (QED) is 0.363. The third kappa shape index (κ3) is 5.10. The predicted octanol–water partition coefficient (Wildman–Crippen LogP) is 5.40. The summed E-state index contributed by atoms with van der Waals surface area (Å²) in [6.45, 7) is 2.26. The third-order valence-electron chi connectivity index (χ3n) is 6.09. The highest BCUT2D eigenvalue weighted by Gasteiger charge is 2.19. The Morgan fingerprint density at radius 3 is 2.39 bits per heavy atom. The number of hydrogen-bond donors (Lipinski definition) is 1. The number of fused-ring (bicyclic) bond motifs is 1. The average molecular weight is 546 g/mol. The summed E-state index contributed by atoms with van der Waals surface area (Å²) in [5.74, 6) is 0.449. The molecule has 0 atom stereocenters. The Morgan fingerprint density at radius 2 is 1.69 bits per heavy atom. The Bertz CT molecular complexity index is 1420. The van der Waals surface area contributed by atoms with Crippen LogP contribution < -0.4 is 10.1 Å². The summed E-state index contributed by atoms with van der Waals surface area (Å²) in [6.07, 6.45) is 0. The first-order chi connectivity index (χ1) is 17.5. The topological polar surface area (TPSA) is 80.8 Å². The molecule has 2 amide bonds. The SMILES string of the molecule is COc1ccc(-c2cc(C(=O)Nc3ccc(C(=O)N4CCOCC4)cc3)c3cc(Br)ccc3n2)cc1. The predicted molar refractivity (Wildman–Crippen MR) is 143 cm³/mol. The Hall–Kier alpha value is -3.75. The van der Waals surface area contributed by atoms with Gasteiger partial charge in [-0.3, -0.25) is 9.59 Å². The van der Waals surface area contributed by atoms with Gasteiger partial charge < -0.3 is 19.7 Å². The van der Waals surface area contributed by atoms with E-state index in [1.165, 1.54) is 0 Å². The van der Waals surface area contributed by atoms with Crippen molar-refractivity contribution < 1.29 is 19.1 Å². The van der Waals surface area contributed by atoms with Gasteiger partial charge in [-0.2, -0.15) is 0 Å². The van der Waals surface area contributed by atoms with Gasteiger partial charge in [0.1, 0.15) is 5.75 Å². The zero-order valence-electron chi connectivity index (χ0n) is 19.7. The molecule has 2 heterocycles. The minimum atomic E-state index is -0.262. The van der Waals surface area contributed by atoms with Gasteiger partial charge in [-0.1, -0.05) is 15.9 Å². The highest BCUT2D eigenvalue weighted by Crippen LogP contribution is 2.29. The van der Waals surface area contributed by atoms with E-state index in [2.05, 4.69) is 21.2 Å². The van der Waals surface area contributed by atoms with Crippen molar-refractivity contribution in [1.29, 1.82) is 0 Å². The second-order valence-electron chi connectivity index (χ2n) is 8.38. The number of aromatic nitrogens is 1. The second kappa shape index (κ2) is 10.5. The van der Waals surface area contributed by atoms with Crippen molar-refractivity contribution in [3.63, 3.8) is 0 Å². The van der Waals surface area contributed by atoms with E-state index in [4.69, 9.17) is 14.5 Å². The molecule has 0 saturated carbocycles. The zero-order valence-corrected chi connectivity index (χ0v) is 21.2. The summed E-state index contributed by atoms with van der Waals surface area (Å²) in [5, 5.41) is 3.70. The lowest BCUT2D eigenvalue weighted by molar-refractivity contribution is 0.0303. The van der Waals surface area contributed by atoms with E-state index >= 15 is 0 Å². The molecule has 182 valence electrons. The van der Waals surface area contributed by atoms with Crippen LogP contribution in [-0.2, 0) is 4.74 Å². The molecule has 5 rings (SSSR count). The van der Waals surface area contributed by atoms with Crippen molar-refractivity contribution in [2.75, 3.05) is 38.7 Å². The first-order valence-electron chi connectivity index (χ1n) is 11.5. The molecule has 1 aliphatic rings. The zero-order chi connectivity index (χ0) is 25.1. The molecular formula is C28H24BrN3O4. The van der Waals surface area contributed by atoms with Crippen molar-refractivity contribution in [1.82, 2.24) is 9.88 Å². The van der Waals surface area contributed by atoms with Crippen LogP contribution in [-0.4, -0.2) is 55.1 Å². The second-order valence-corrected chi connectivity index (χ2v) is 9.30. The van der Waals surface area contributed by atoms with Crippen molar-refractivity contribution in [3.8, 4) is 17.0 Å². The molecule has 1 saturated heterocycles. The number of pyridine rings is 1. The fraction of sp³-hybridized carbons (Fsp3) is 0.179. The third-order valence-corrected chi connectivity index (χ3v) is 6.58. The maximum Gasteiger partial charge on any atom is 0.256 e. The molecule has 8 heteroatoms. The normalized spacial score (nSPS) is 13.4. The maximum absolute atomic E-state index is 13.4. The van der Waals surface area contributed by atoms with Gasteiger partial charge in [0.25, 0.3) is 11.8 Å². The number of amides is 2. The lowest BCUT2D eigenvalue weighted by Gasteiger charge is -2.26. The molecule has 4 aromatic rings. The van der Waals surface area contributed by atoms with E-state index in [0.29, 0.717) is 54.3 Å². The van der Waals surface area contributed by atoms with Crippen LogP contribution in [0.25, 0.3) is 22.2 Å². The number of methoxy groups -OCH3 is 1. The van der Waals surface area contributed by atoms with Crippen LogP contribution in [0.4, 0.5) is 5.69 Å². The van der Waals surface area contributed by atoms with Gasteiger partial charge in [0, 0.05) is 39.8 Å². The Labute approximate surface area is 217 Å². The smallest absolute Gasteiger partial charge is 0.256 e.